The number of aromatic carboxylic acids is 1. The number of methoxy groups -OCH3 is 1. The molecule has 0 atom stereocenters. The summed E-state index contributed by atoms with van der Waals surface area (Å²) in [5.74, 6) is -1.10. The highest BCUT2D eigenvalue weighted by atomic mass is 79.9. The molecule has 0 aliphatic carbocycles. The molecular weight excluding hydrogens is 508 g/mol. The molecule has 2 heterocycles. The van der Waals surface area contributed by atoms with E-state index in [4.69, 9.17) is 13.9 Å². The Labute approximate surface area is 202 Å². The molecule has 11 heteroatoms. The predicted octanol–water partition coefficient (Wildman–Crippen LogP) is 2.32. The molecule has 34 heavy (non-hydrogen) atoms. The van der Waals surface area contributed by atoms with Gasteiger partial charge in [0.25, 0.3) is 5.91 Å². The van der Waals surface area contributed by atoms with Gasteiger partial charge in [-0.25, -0.2) is 10.4 Å². The number of hydrazone groups is 1. The fraction of sp³-hybridized carbons (Fsp3) is 0.174. The lowest BCUT2D eigenvalue weighted by atomic mass is 10.1. The number of carboxylic acids is 1. The Kier molecular flexibility index (Phi) is 8.13. The summed E-state index contributed by atoms with van der Waals surface area (Å²) in [6, 6.07) is 11.4. The van der Waals surface area contributed by atoms with Crippen molar-refractivity contribution in [3.8, 4) is 23.3 Å². The van der Waals surface area contributed by atoms with Crippen LogP contribution in [-0.4, -0.2) is 36.8 Å². The van der Waals surface area contributed by atoms with Gasteiger partial charge in [-0.1, -0.05) is 18.2 Å². The molecule has 0 radical (unpaired) electrons. The third-order valence-electron chi connectivity index (χ3n) is 4.50. The van der Waals surface area contributed by atoms with Crippen molar-refractivity contribution in [2.24, 2.45) is 5.10 Å². The zero-order chi connectivity index (χ0) is 24.7. The molecule has 3 aromatic rings. The smallest absolute Gasteiger partial charge is 0.278 e. The molecule has 1 amide bonds. The second-order valence-corrected chi connectivity index (χ2v) is 7.66. The summed E-state index contributed by atoms with van der Waals surface area (Å²) in [6.07, 6.45) is 1.28. The van der Waals surface area contributed by atoms with Gasteiger partial charge in [-0.3, -0.25) is 4.79 Å². The Bertz CT molecular complexity index is 1300. The zero-order valence-electron chi connectivity index (χ0n) is 18.1. The Hall–Kier alpha value is -4.01. The van der Waals surface area contributed by atoms with Crippen LogP contribution in [0.3, 0.4) is 0 Å². The molecule has 0 fully saturated rings. The van der Waals surface area contributed by atoms with E-state index in [1.54, 1.807) is 31.2 Å². The summed E-state index contributed by atoms with van der Waals surface area (Å²) < 4.78 is 16.8. The number of aromatic nitrogens is 1. The fourth-order valence-electron chi connectivity index (χ4n) is 2.92. The van der Waals surface area contributed by atoms with Gasteiger partial charge < -0.3 is 23.8 Å². The number of carbonyl (C=O) groups is 2. The molecule has 2 aromatic heterocycles. The molecule has 174 valence electrons. The van der Waals surface area contributed by atoms with Crippen molar-refractivity contribution in [1.82, 2.24) is 10.4 Å². The van der Waals surface area contributed by atoms with Gasteiger partial charge in [0.05, 0.1) is 24.5 Å². The lowest BCUT2D eigenvalue weighted by Crippen LogP contribution is -2.25. The number of hydrogen-bond acceptors (Lipinski definition) is 9. The number of nitrogens with one attached hydrogen (secondary N) is 1. The van der Waals surface area contributed by atoms with E-state index in [2.05, 4.69) is 31.4 Å². The van der Waals surface area contributed by atoms with Crippen molar-refractivity contribution in [2.45, 2.75) is 13.5 Å². The first kappa shape index (κ1) is 24.6. The first-order valence-corrected chi connectivity index (χ1v) is 10.6. The van der Waals surface area contributed by atoms with Crippen LogP contribution < -0.4 is 15.3 Å². The first-order chi connectivity index (χ1) is 16.3. The second kappa shape index (κ2) is 11.2. The van der Waals surface area contributed by atoms with Gasteiger partial charge in [0.2, 0.25) is 5.88 Å². The van der Waals surface area contributed by atoms with E-state index in [1.165, 1.54) is 25.5 Å². The minimum atomic E-state index is -1.29. The number of carboxylic acid groups (broad SMARTS) is 1. The molecule has 0 saturated heterocycles. The summed E-state index contributed by atoms with van der Waals surface area (Å²) in [6.45, 7) is 1.47. The molecule has 3 rings (SSSR count). The van der Waals surface area contributed by atoms with E-state index in [0.717, 1.165) is 0 Å². The minimum Gasteiger partial charge on any atom is -0.545 e. The number of carbonyl (C=O) groups excluding carboxylic acids is 2. The van der Waals surface area contributed by atoms with Crippen LogP contribution in [0.2, 0.25) is 0 Å². The van der Waals surface area contributed by atoms with Gasteiger partial charge in [0.1, 0.15) is 23.2 Å². The number of benzene rings is 1. The number of amides is 1. The van der Waals surface area contributed by atoms with E-state index in [9.17, 15) is 20.0 Å². The van der Waals surface area contributed by atoms with Crippen LogP contribution in [0.4, 0.5) is 0 Å². The van der Waals surface area contributed by atoms with E-state index in [0.29, 0.717) is 32.8 Å². The summed E-state index contributed by atoms with van der Waals surface area (Å²) in [5, 5.41) is 24.3. The molecule has 1 N–H and O–H groups in total. The SMILES string of the molecule is COCc1c(Br)c(C)nc(OCC(=O)NN=Cc2ccc(-c3cccc(C(=O)[O-])c3)o2)c1C#N. The lowest BCUT2D eigenvalue weighted by molar-refractivity contribution is -0.255. The number of rotatable bonds is 9. The third-order valence-corrected chi connectivity index (χ3v) is 5.55. The topological polar surface area (TPSA) is 150 Å². The fourth-order valence-corrected chi connectivity index (χ4v) is 3.33. The lowest BCUT2D eigenvalue weighted by Gasteiger charge is -2.13. The van der Waals surface area contributed by atoms with Crippen LogP contribution in [0, 0.1) is 18.3 Å². The maximum absolute atomic E-state index is 12.1. The summed E-state index contributed by atoms with van der Waals surface area (Å²) >= 11 is 3.38. The Morgan fingerprint density at radius 2 is 2.15 bits per heavy atom. The van der Waals surface area contributed by atoms with Gasteiger partial charge in [-0.15, -0.1) is 0 Å². The molecule has 0 unspecified atom stereocenters. The van der Waals surface area contributed by atoms with E-state index >= 15 is 0 Å². The average molecular weight is 526 g/mol. The van der Waals surface area contributed by atoms with Gasteiger partial charge in [0, 0.05) is 22.7 Å². The highest BCUT2D eigenvalue weighted by molar-refractivity contribution is 9.10. The van der Waals surface area contributed by atoms with Crippen LogP contribution in [-0.2, 0) is 16.1 Å². The van der Waals surface area contributed by atoms with Crippen LogP contribution in [0.25, 0.3) is 11.3 Å². The van der Waals surface area contributed by atoms with E-state index < -0.39 is 18.5 Å². The molecule has 0 saturated carbocycles. The monoisotopic (exact) mass is 525 g/mol. The minimum absolute atomic E-state index is 0.0175. The summed E-state index contributed by atoms with van der Waals surface area (Å²) in [5.41, 5.74) is 4.20. The average Bonchev–Trinajstić information content (AvgIpc) is 3.30. The van der Waals surface area contributed by atoms with Gasteiger partial charge in [-0.05, 0) is 46.6 Å². The number of furan rings is 1. The van der Waals surface area contributed by atoms with E-state index in [-0.39, 0.29) is 23.6 Å². The number of ether oxygens (including phenoxy) is 2. The molecule has 0 aliphatic rings. The third kappa shape index (κ3) is 5.86. The standard InChI is InChI=1S/C23H19BrN4O6/c1-13-21(24)18(11-32-2)17(9-25)22(27-13)33-12-20(29)28-26-10-16-6-7-19(34-16)14-4-3-5-15(8-14)23(30)31/h3-8,10H,11-12H2,1-2H3,(H,28,29)(H,30,31)/p-1. The van der Waals surface area contributed by atoms with Gasteiger partial charge in [0.15, 0.2) is 6.61 Å². The summed E-state index contributed by atoms with van der Waals surface area (Å²) in [4.78, 5) is 27.3. The number of nitriles is 1. The second-order valence-electron chi connectivity index (χ2n) is 6.87. The Morgan fingerprint density at radius 1 is 1.35 bits per heavy atom. The number of nitrogens with zero attached hydrogens (tertiary/aromatic N) is 3. The highest BCUT2D eigenvalue weighted by Gasteiger charge is 2.18. The largest absolute Gasteiger partial charge is 0.545 e. The van der Waals surface area contributed by atoms with Crippen molar-refractivity contribution in [3.05, 3.63) is 69.0 Å². The predicted molar refractivity (Wildman–Crippen MR) is 122 cm³/mol. The number of halogens is 1. The van der Waals surface area contributed by atoms with Crippen LogP contribution >= 0.6 is 15.9 Å². The van der Waals surface area contributed by atoms with Crippen LogP contribution in [0.5, 0.6) is 5.88 Å². The quantitative estimate of drug-likeness (QED) is 0.330. The number of pyridine rings is 1. The van der Waals surface area contributed by atoms with Gasteiger partial charge >= 0.3 is 0 Å². The van der Waals surface area contributed by atoms with Crippen molar-refractivity contribution >= 4 is 34.0 Å². The number of aryl methyl sites for hydroxylation is 1. The maximum atomic E-state index is 12.1. The normalized spacial score (nSPS) is 10.8. The molecule has 0 bridgehead atoms. The molecule has 10 nitrogen and oxygen atoms in total. The Balaban J connectivity index is 1.61. The Morgan fingerprint density at radius 3 is 2.85 bits per heavy atom. The van der Waals surface area contributed by atoms with Crippen LogP contribution in [0.15, 0.2) is 50.4 Å². The van der Waals surface area contributed by atoms with Crippen molar-refractivity contribution < 1.29 is 28.6 Å². The molecule has 1 aromatic carbocycles. The van der Waals surface area contributed by atoms with Crippen molar-refractivity contribution in [3.63, 3.8) is 0 Å². The van der Waals surface area contributed by atoms with Crippen molar-refractivity contribution in [2.75, 3.05) is 13.7 Å². The van der Waals surface area contributed by atoms with Crippen molar-refractivity contribution in [1.29, 1.82) is 5.26 Å². The first-order valence-electron chi connectivity index (χ1n) is 9.78. The summed E-state index contributed by atoms with van der Waals surface area (Å²) in [7, 11) is 1.50. The van der Waals surface area contributed by atoms with Crippen LogP contribution in [0.1, 0.15) is 32.9 Å². The maximum Gasteiger partial charge on any atom is 0.278 e. The zero-order valence-corrected chi connectivity index (χ0v) is 19.7. The molecular formula is C23H18BrN4O6-. The van der Waals surface area contributed by atoms with E-state index in [1.807, 2.05) is 6.07 Å². The highest BCUT2D eigenvalue weighted by Crippen LogP contribution is 2.30. The van der Waals surface area contributed by atoms with Gasteiger partial charge in [-0.2, -0.15) is 10.4 Å². The number of hydrogen-bond donors (Lipinski definition) is 1. The molecule has 0 aliphatic heterocycles. The molecule has 0 spiro atoms.